The molecule has 0 bridgehead atoms. The van der Waals surface area contributed by atoms with Gasteiger partial charge in [-0.05, 0) is 30.3 Å². The van der Waals surface area contributed by atoms with Crippen LogP contribution in [0.4, 0.5) is 0 Å². The van der Waals surface area contributed by atoms with Crippen LogP contribution in [0, 0.1) is 5.21 Å². The molecule has 1 amide bonds. The number of carboxylic acid groups (broad SMARTS) is 1. The lowest BCUT2D eigenvalue weighted by molar-refractivity contribution is -0.606. The average molecular weight is 354 g/mol. The molecule has 2 aromatic carbocycles. The molecule has 0 aliphatic heterocycles. The second-order valence-electron chi connectivity index (χ2n) is 5.39. The highest BCUT2D eigenvalue weighted by molar-refractivity contribution is 6.01. The number of rotatable bonds is 5. The van der Waals surface area contributed by atoms with Gasteiger partial charge >= 0.3 is 17.6 Å². The van der Waals surface area contributed by atoms with E-state index >= 15 is 0 Å². The molecule has 3 aromatic rings. The Kier molecular flexibility index (Phi) is 4.57. The number of ether oxygens (including phenoxy) is 1. The van der Waals surface area contributed by atoms with Crippen molar-refractivity contribution in [1.82, 2.24) is 5.32 Å². The fourth-order valence-corrected chi connectivity index (χ4v) is 2.42. The van der Waals surface area contributed by atoms with Crippen molar-refractivity contribution >= 4 is 22.6 Å². The quantitative estimate of drug-likeness (QED) is 0.474. The van der Waals surface area contributed by atoms with Crippen LogP contribution in [0.2, 0.25) is 0 Å². The first-order valence-corrected chi connectivity index (χ1v) is 7.57. The summed E-state index contributed by atoms with van der Waals surface area (Å²) in [5, 5.41) is 33.7. The molecular formula is C18H14N2O6. The number of para-hydroxylation sites is 1. The van der Waals surface area contributed by atoms with Crippen molar-refractivity contribution < 1.29 is 29.3 Å². The zero-order valence-electron chi connectivity index (χ0n) is 13.4. The van der Waals surface area contributed by atoms with E-state index in [-0.39, 0.29) is 10.1 Å². The second-order valence-corrected chi connectivity index (χ2v) is 5.39. The van der Waals surface area contributed by atoms with Gasteiger partial charge in [-0.1, -0.05) is 18.2 Å². The fourth-order valence-electron chi connectivity index (χ4n) is 2.42. The van der Waals surface area contributed by atoms with Crippen molar-refractivity contribution in [3.05, 3.63) is 65.6 Å². The van der Waals surface area contributed by atoms with Crippen molar-refractivity contribution in [2.24, 2.45) is 0 Å². The summed E-state index contributed by atoms with van der Waals surface area (Å²) in [6.07, 6.45) is 1.11. The van der Waals surface area contributed by atoms with Gasteiger partial charge in [-0.2, -0.15) is 4.73 Å². The van der Waals surface area contributed by atoms with Crippen molar-refractivity contribution in [3.8, 4) is 17.2 Å². The summed E-state index contributed by atoms with van der Waals surface area (Å²) in [6.45, 7) is -0.667. The number of nitrogens with zero attached hydrogens (tertiary/aromatic N) is 1. The molecule has 1 aromatic heterocycles. The Balaban J connectivity index is 1.95. The largest absolute Gasteiger partial charge is 0.618 e. The van der Waals surface area contributed by atoms with Gasteiger partial charge in [-0.3, -0.25) is 9.59 Å². The summed E-state index contributed by atoms with van der Waals surface area (Å²) in [5.41, 5.74) is -0.574. The zero-order valence-corrected chi connectivity index (χ0v) is 13.4. The Bertz CT molecular complexity index is 988. The highest BCUT2D eigenvalue weighted by Gasteiger charge is 2.25. The molecule has 0 saturated carbocycles. The van der Waals surface area contributed by atoms with Crippen LogP contribution in [-0.4, -0.2) is 28.6 Å². The molecule has 0 saturated heterocycles. The summed E-state index contributed by atoms with van der Waals surface area (Å²) in [4.78, 5) is 22.5. The molecule has 26 heavy (non-hydrogen) atoms. The average Bonchev–Trinajstić information content (AvgIpc) is 2.60. The van der Waals surface area contributed by atoms with Crippen LogP contribution in [-0.2, 0) is 4.79 Å². The number of aromatic nitrogens is 1. The molecule has 132 valence electrons. The van der Waals surface area contributed by atoms with E-state index in [0.29, 0.717) is 16.9 Å². The van der Waals surface area contributed by atoms with Crippen molar-refractivity contribution in [2.45, 2.75) is 0 Å². The van der Waals surface area contributed by atoms with Crippen molar-refractivity contribution in [3.63, 3.8) is 0 Å². The molecule has 0 aliphatic carbocycles. The van der Waals surface area contributed by atoms with E-state index in [0.717, 1.165) is 6.20 Å². The number of aromatic hydroxyl groups is 1. The number of benzene rings is 2. The fraction of sp³-hybridized carbons (Fsp3) is 0.0556. The van der Waals surface area contributed by atoms with Gasteiger partial charge in [0.2, 0.25) is 5.75 Å². The lowest BCUT2D eigenvalue weighted by Gasteiger charge is -2.10. The number of carbonyl (C=O) groups is 2. The molecule has 0 fully saturated rings. The van der Waals surface area contributed by atoms with Crippen molar-refractivity contribution in [1.29, 1.82) is 0 Å². The number of nitrogens with one attached hydrogen (secondary N) is 1. The minimum atomic E-state index is -1.27. The SMILES string of the molecule is O=C(O)CNC(=O)c1c(O)c2ccc(Oc3ccccc3)cc2c[n+]1[O-]. The molecule has 0 spiro atoms. The Morgan fingerprint density at radius 2 is 1.85 bits per heavy atom. The summed E-state index contributed by atoms with van der Waals surface area (Å²) in [5.74, 6) is -1.72. The topological polar surface area (TPSA) is 123 Å². The summed E-state index contributed by atoms with van der Waals surface area (Å²) in [7, 11) is 0. The highest BCUT2D eigenvalue weighted by Crippen LogP contribution is 2.30. The predicted octanol–water partition coefficient (Wildman–Crippen LogP) is 1.79. The number of amides is 1. The first-order valence-electron chi connectivity index (χ1n) is 7.57. The molecule has 1 heterocycles. The maximum atomic E-state index is 12.1. The smallest absolute Gasteiger partial charge is 0.324 e. The van der Waals surface area contributed by atoms with E-state index in [1.807, 2.05) is 23.5 Å². The number of aliphatic carboxylic acids is 1. The Labute approximate surface area is 147 Å². The Morgan fingerprint density at radius 3 is 2.54 bits per heavy atom. The van der Waals surface area contributed by atoms with Crippen LogP contribution >= 0.6 is 0 Å². The maximum absolute atomic E-state index is 12.1. The number of carbonyl (C=O) groups excluding carboxylic acids is 1. The Hall–Kier alpha value is -3.81. The lowest BCUT2D eigenvalue weighted by atomic mass is 10.1. The molecule has 0 aliphatic rings. The summed E-state index contributed by atoms with van der Waals surface area (Å²) in [6, 6.07) is 13.7. The number of carboxylic acids is 1. The first-order chi connectivity index (χ1) is 12.5. The molecule has 8 nitrogen and oxygen atoms in total. The third-order valence-electron chi connectivity index (χ3n) is 3.57. The molecule has 3 rings (SSSR count). The van der Waals surface area contributed by atoms with Crippen LogP contribution in [0.5, 0.6) is 17.2 Å². The number of hydrogen-bond acceptors (Lipinski definition) is 5. The molecule has 3 N–H and O–H groups in total. The Morgan fingerprint density at radius 1 is 1.12 bits per heavy atom. The molecule has 0 unspecified atom stereocenters. The van der Waals surface area contributed by atoms with Gasteiger partial charge < -0.3 is 25.5 Å². The molecule has 0 atom stereocenters. The van der Waals surface area contributed by atoms with Gasteiger partial charge in [0.05, 0.1) is 5.39 Å². The second kappa shape index (κ2) is 6.98. The van der Waals surface area contributed by atoms with Gasteiger partial charge in [0.25, 0.3) is 0 Å². The van der Waals surface area contributed by atoms with Crippen LogP contribution < -0.4 is 14.8 Å². The molecule has 0 radical (unpaired) electrons. The van der Waals surface area contributed by atoms with E-state index < -0.39 is 29.9 Å². The van der Waals surface area contributed by atoms with Crippen LogP contribution in [0.25, 0.3) is 10.8 Å². The minimum Gasteiger partial charge on any atom is -0.618 e. The van der Waals surface area contributed by atoms with E-state index in [9.17, 15) is 19.9 Å². The third-order valence-corrected chi connectivity index (χ3v) is 3.57. The summed E-state index contributed by atoms with van der Waals surface area (Å²) < 4.78 is 5.87. The lowest BCUT2D eigenvalue weighted by Crippen LogP contribution is -2.40. The molecule has 8 heteroatoms. The summed E-state index contributed by atoms with van der Waals surface area (Å²) >= 11 is 0. The van der Waals surface area contributed by atoms with Crippen molar-refractivity contribution in [2.75, 3.05) is 6.54 Å². The minimum absolute atomic E-state index is 0.196. The van der Waals surface area contributed by atoms with E-state index in [1.54, 1.807) is 24.3 Å². The van der Waals surface area contributed by atoms with E-state index in [2.05, 4.69) is 0 Å². The van der Waals surface area contributed by atoms with Gasteiger partial charge in [-0.25, -0.2) is 0 Å². The van der Waals surface area contributed by atoms with Crippen LogP contribution in [0.15, 0.2) is 54.7 Å². The maximum Gasteiger partial charge on any atom is 0.324 e. The predicted molar refractivity (Wildman–Crippen MR) is 91.1 cm³/mol. The number of hydrogen-bond donors (Lipinski definition) is 3. The van der Waals surface area contributed by atoms with Gasteiger partial charge in [0.1, 0.15) is 18.0 Å². The van der Waals surface area contributed by atoms with Gasteiger partial charge in [-0.15, -0.1) is 0 Å². The molecular weight excluding hydrogens is 340 g/mol. The van der Waals surface area contributed by atoms with Gasteiger partial charge in [0.15, 0.2) is 6.20 Å². The highest BCUT2D eigenvalue weighted by atomic mass is 16.5. The van der Waals surface area contributed by atoms with E-state index in [1.165, 1.54) is 6.07 Å². The van der Waals surface area contributed by atoms with E-state index in [4.69, 9.17) is 9.84 Å². The van der Waals surface area contributed by atoms with Crippen LogP contribution in [0.1, 0.15) is 10.5 Å². The standard InChI is InChI=1S/C18H14N2O6/c21-15(22)9-19-18(24)16-17(23)14-7-6-13(8-11(14)10-20(16)25)26-12-4-2-1-3-5-12/h1-8,10,23H,9H2,(H,19,24)(H,21,22). The van der Waals surface area contributed by atoms with Crippen LogP contribution in [0.3, 0.4) is 0 Å². The first kappa shape index (κ1) is 17.0. The zero-order chi connectivity index (χ0) is 18.7. The number of fused-ring (bicyclic) bond motifs is 1. The third kappa shape index (κ3) is 3.48. The monoisotopic (exact) mass is 354 g/mol. The number of pyridine rings is 1. The normalized spacial score (nSPS) is 10.5. The van der Waals surface area contributed by atoms with Gasteiger partial charge in [0, 0.05) is 5.39 Å².